The zero-order valence-corrected chi connectivity index (χ0v) is 16.9. The van der Waals surface area contributed by atoms with Crippen LogP contribution in [0.15, 0.2) is 66.7 Å². The number of carbonyl (C=O) groups is 1. The van der Waals surface area contributed by atoms with Crippen LogP contribution in [0.3, 0.4) is 0 Å². The zero-order valence-electron chi connectivity index (χ0n) is 16.9. The molecule has 3 aromatic carbocycles. The van der Waals surface area contributed by atoms with Crippen LogP contribution in [0, 0.1) is 0 Å². The molecule has 31 heavy (non-hydrogen) atoms. The predicted octanol–water partition coefficient (Wildman–Crippen LogP) is 2.78. The van der Waals surface area contributed by atoms with E-state index in [1.165, 1.54) is 0 Å². The zero-order chi connectivity index (χ0) is 22.0. The van der Waals surface area contributed by atoms with Crippen molar-refractivity contribution in [2.45, 2.75) is 18.1 Å². The van der Waals surface area contributed by atoms with Crippen LogP contribution in [-0.2, 0) is 4.74 Å². The Labute approximate surface area is 180 Å². The quantitative estimate of drug-likeness (QED) is 0.391. The van der Waals surface area contributed by atoms with Gasteiger partial charge in [0.25, 0.3) is 0 Å². The molecule has 0 saturated carbocycles. The standard InChI is InChI=1S/C24H25N3O4/c25-20-11-5-10-18(22(20)26)23(29)21(28)12-27-24(30)31-13-19-16-8-3-1-6-14(16)15-7-2-4-9-17(15)19/h1-11,19,21,23,28-29H,12-13,25-26H2,(H,27,30). The van der Waals surface area contributed by atoms with E-state index in [1.807, 2.05) is 36.4 Å². The minimum Gasteiger partial charge on any atom is -0.449 e. The number of amides is 1. The van der Waals surface area contributed by atoms with E-state index in [9.17, 15) is 15.0 Å². The van der Waals surface area contributed by atoms with Gasteiger partial charge in [0, 0.05) is 18.0 Å². The van der Waals surface area contributed by atoms with Gasteiger partial charge in [-0.15, -0.1) is 0 Å². The second kappa shape index (κ2) is 8.67. The van der Waals surface area contributed by atoms with Crippen molar-refractivity contribution in [2.75, 3.05) is 24.6 Å². The third-order valence-electron chi connectivity index (χ3n) is 5.66. The number of nitrogens with two attached hydrogens (primary N) is 2. The predicted molar refractivity (Wildman–Crippen MR) is 119 cm³/mol. The van der Waals surface area contributed by atoms with Crippen molar-refractivity contribution in [3.63, 3.8) is 0 Å². The van der Waals surface area contributed by atoms with Gasteiger partial charge in [0.15, 0.2) is 0 Å². The van der Waals surface area contributed by atoms with Gasteiger partial charge in [-0.3, -0.25) is 0 Å². The van der Waals surface area contributed by atoms with Crippen molar-refractivity contribution in [3.05, 3.63) is 83.4 Å². The van der Waals surface area contributed by atoms with Gasteiger partial charge in [0.05, 0.1) is 11.4 Å². The van der Waals surface area contributed by atoms with Gasteiger partial charge in [-0.05, 0) is 28.3 Å². The lowest BCUT2D eigenvalue weighted by Gasteiger charge is -2.21. The molecule has 4 rings (SSSR count). The molecule has 0 fully saturated rings. The number of para-hydroxylation sites is 1. The van der Waals surface area contributed by atoms with Crippen LogP contribution in [0.5, 0.6) is 0 Å². The molecule has 0 heterocycles. The highest BCUT2D eigenvalue weighted by molar-refractivity contribution is 5.79. The molecule has 1 aliphatic rings. The number of nitrogens with one attached hydrogen (secondary N) is 1. The minimum absolute atomic E-state index is 0.0549. The number of aliphatic hydroxyl groups excluding tert-OH is 2. The summed E-state index contributed by atoms with van der Waals surface area (Å²) >= 11 is 0. The fourth-order valence-electron chi connectivity index (χ4n) is 4.02. The van der Waals surface area contributed by atoms with Crippen LogP contribution in [0.25, 0.3) is 11.1 Å². The maximum atomic E-state index is 12.2. The van der Waals surface area contributed by atoms with Gasteiger partial charge >= 0.3 is 6.09 Å². The van der Waals surface area contributed by atoms with Gasteiger partial charge in [0.2, 0.25) is 0 Å². The molecule has 0 aliphatic heterocycles. The second-order valence-electron chi connectivity index (χ2n) is 7.57. The summed E-state index contributed by atoms with van der Waals surface area (Å²) in [6.45, 7) is -0.0350. The molecule has 0 saturated heterocycles. The Balaban J connectivity index is 1.35. The first-order chi connectivity index (χ1) is 15.0. The van der Waals surface area contributed by atoms with Crippen LogP contribution in [0.2, 0.25) is 0 Å². The molecule has 7 heteroatoms. The van der Waals surface area contributed by atoms with Crippen LogP contribution < -0.4 is 16.8 Å². The molecule has 1 aliphatic carbocycles. The molecule has 0 aromatic heterocycles. The molecule has 0 radical (unpaired) electrons. The molecule has 0 bridgehead atoms. The van der Waals surface area contributed by atoms with E-state index in [2.05, 4.69) is 17.4 Å². The van der Waals surface area contributed by atoms with Gasteiger partial charge in [0.1, 0.15) is 18.8 Å². The maximum absolute atomic E-state index is 12.2. The Morgan fingerprint density at radius 3 is 2.19 bits per heavy atom. The highest BCUT2D eigenvalue weighted by Gasteiger charge is 2.29. The van der Waals surface area contributed by atoms with Gasteiger partial charge in [-0.2, -0.15) is 0 Å². The molecular formula is C24H25N3O4. The fraction of sp³-hybridized carbons (Fsp3) is 0.208. The lowest BCUT2D eigenvalue weighted by atomic mass is 9.98. The summed E-state index contributed by atoms with van der Waals surface area (Å²) in [5, 5.41) is 23.1. The third kappa shape index (κ3) is 4.05. The molecule has 2 unspecified atom stereocenters. The Bertz CT molecular complexity index is 1060. The first kappa shape index (κ1) is 20.7. The number of ether oxygens (including phenoxy) is 1. The fourth-order valence-corrected chi connectivity index (χ4v) is 4.02. The number of benzene rings is 3. The number of carbonyl (C=O) groups excluding carboxylic acids is 1. The Hall–Kier alpha value is -3.55. The van der Waals surface area contributed by atoms with Gasteiger partial charge < -0.3 is 31.7 Å². The first-order valence-corrected chi connectivity index (χ1v) is 10.1. The summed E-state index contributed by atoms with van der Waals surface area (Å²) in [6, 6.07) is 20.9. The number of anilines is 2. The van der Waals surface area contributed by atoms with Crippen molar-refractivity contribution in [1.82, 2.24) is 5.32 Å². The van der Waals surface area contributed by atoms with Crippen molar-refractivity contribution in [2.24, 2.45) is 0 Å². The van der Waals surface area contributed by atoms with E-state index in [0.717, 1.165) is 22.3 Å². The smallest absolute Gasteiger partial charge is 0.407 e. The van der Waals surface area contributed by atoms with Crippen molar-refractivity contribution < 1.29 is 19.7 Å². The molecule has 7 N–H and O–H groups in total. The summed E-state index contributed by atoms with van der Waals surface area (Å²) in [5.74, 6) is -0.0549. The second-order valence-corrected chi connectivity index (χ2v) is 7.57. The molecular weight excluding hydrogens is 394 g/mol. The Morgan fingerprint density at radius 2 is 1.55 bits per heavy atom. The maximum Gasteiger partial charge on any atom is 0.407 e. The molecule has 0 spiro atoms. The van der Waals surface area contributed by atoms with Crippen LogP contribution >= 0.6 is 0 Å². The number of hydrogen-bond donors (Lipinski definition) is 5. The van der Waals surface area contributed by atoms with Crippen LogP contribution in [-0.4, -0.2) is 35.6 Å². The van der Waals surface area contributed by atoms with Gasteiger partial charge in [-0.25, -0.2) is 4.79 Å². The van der Waals surface area contributed by atoms with Gasteiger partial charge in [-0.1, -0.05) is 60.7 Å². The largest absolute Gasteiger partial charge is 0.449 e. The normalized spacial score (nSPS) is 14.4. The van der Waals surface area contributed by atoms with E-state index < -0.39 is 18.3 Å². The highest BCUT2D eigenvalue weighted by atomic mass is 16.5. The van der Waals surface area contributed by atoms with Crippen LogP contribution in [0.1, 0.15) is 28.7 Å². The van der Waals surface area contributed by atoms with E-state index in [0.29, 0.717) is 11.3 Å². The number of rotatable bonds is 6. The number of fused-ring (bicyclic) bond motifs is 3. The van der Waals surface area contributed by atoms with Crippen molar-refractivity contribution >= 4 is 17.5 Å². The molecule has 160 valence electrons. The lowest BCUT2D eigenvalue weighted by molar-refractivity contribution is 0.0190. The Morgan fingerprint density at radius 1 is 0.935 bits per heavy atom. The molecule has 7 nitrogen and oxygen atoms in total. The summed E-state index contributed by atoms with van der Waals surface area (Å²) in [7, 11) is 0. The number of aliphatic hydroxyl groups is 2. The first-order valence-electron chi connectivity index (χ1n) is 10.1. The van der Waals surface area contributed by atoms with E-state index in [-0.39, 0.29) is 24.8 Å². The van der Waals surface area contributed by atoms with Crippen molar-refractivity contribution in [3.8, 4) is 11.1 Å². The van der Waals surface area contributed by atoms with E-state index in [1.54, 1.807) is 18.2 Å². The van der Waals surface area contributed by atoms with E-state index in [4.69, 9.17) is 16.2 Å². The van der Waals surface area contributed by atoms with Crippen LogP contribution in [0.4, 0.5) is 16.2 Å². The molecule has 3 aromatic rings. The SMILES string of the molecule is Nc1cccc(C(O)C(O)CNC(=O)OCC2c3ccccc3-c3ccccc32)c1N. The third-order valence-corrected chi connectivity index (χ3v) is 5.66. The minimum atomic E-state index is -1.29. The molecule has 1 amide bonds. The topological polar surface area (TPSA) is 131 Å². The monoisotopic (exact) mass is 419 g/mol. The average Bonchev–Trinajstić information content (AvgIpc) is 3.11. The molecule has 2 atom stereocenters. The number of alkyl carbamates (subject to hydrolysis) is 1. The lowest BCUT2D eigenvalue weighted by Crippen LogP contribution is -2.36. The summed E-state index contributed by atoms with van der Waals surface area (Å²) in [4.78, 5) is 12.2. The Kier molecular flexibility index (Phi) is 5.79. The number of hydrogen-bond acceptors (Lipinski definition) is 6. The van der Waals surface area contributed by atoms with Crippen molar-refractivity contribution in [1.29, 1.82) is 0 Å². The average molecular weight is 419 g/mol. The summed E-state index contributed by atoms with van der Waals surface area (Å²) in [6.07, 6.45) is -3.24. The van der Waals surface area contributed by atoms with E-state index >= 15 is 0 Å². The summed E-state index contributed by atoms with van der Waals surface area (Å²) < 4.78 is 5.43. The number of nitrogen functional groups attached to an aromatic ring is 2. The highest BCUT2D eigenvalue weighted by Crippen LogP contribution is 2.44. The summed E-state index contributed by atoms with van der Waals surface area (Å²) in [5.41, 5.74) is 16.9.